The molecule has 5 nitrogen and oxygen atoms in total. The SMILES string of the molecule is Cc1ccccc1[C@H]1[C@@H]2CN(C(=O)Nc3ccc(C#N)cc3)C[C@@H]2CN1C.Cl. The molecule has 0 saturated carbocycles. The van der Waals surface area contributed by atoms with E-state index in [4.69, 9.17) is 5.26 Å². The van der Waals surface area contributed by atoms with Gasteiger partial charge in [0.2, 0.25) is 0 Å². The minimum absolute atomic E-state index is 0. The van der Waals surface area contributed by atoms with Crippen LogP contribution < -0.4 is 5.32 Å². The summed E-state index contributed by atoms with van der Waals surface area (Å²) < 4.78 is 0. The van der Waals surface area contributed by atoms with Crippen molar-refractivity contribution in [2.24, 2.45) is 11.8 Å². The van der Waals surface area contributed by atoms with Crippen molar-refractivity contribution in [2.75, 3.05) is 32.0 Å². The highest BCUT2D eigenvalue weighted by atomic mass is 35.5. The largest absolute Gasteiger partial charge is 0.324 e. The molecule has 2 heterocycles. The van der Waals surface area contributed by atoms with Gasteiger partial charge in [0.25, 0.3) is 0 Å². The molecule has 0 radical (unpaired) electrons. The highest BCUT2D eigenvalue weighted by Crippen LogP contribution is 2.44. The number of halogens is 1. The van der Waals surface area contributed by atoms with E-state index in [0.29, 0.717) is 23.4 Å². The number of fused-ring (bicyclic) bond motifs is 1. The van der Waals surface area contributed by atoms with Crippen molar-refractivity contribution >= 4 is 24.1 Å². The summed E-state index contributed by atoms with van der Waals surface area (Å²) in [5, 5.41) is 11.9. The zero-order chi connectivity index (χ0) is 19.0. The maximum atomic E-state index is 12.7. The van der Waals surface area contributed by atoms with E-state index in [-0.39, 0.29) is 18.4 Å². The van der Waals surface area contributed by atoms with E-state index < -0.39 is 0 Å². The first-order valence-corrected chi connectivity index (χ1v) is 9.38. The summed E-state index contributed by atoms with van der Waals surface area (Å²) in [4.78, 5) is 17.1. The summed E-state index contributed by atoms with van der Waals surface area (Å²) in [6, 6.07) is 18.0. The number of nitrogens with one attached hydrogen (secondary N) is 1. The summed E-state index contributed by atoms with van der Waals surface area (Å²) in [6.07, 6.45) is 0. The molecule has 2 amide bonds. The van der Waals surface area contributed by atoms with Crippen LogP contribution in [-0.4, -0.2) is 42.5 Å². The molecule has 1 N–H and O–H groups in total. The molecule has 6 heteroatoms. The van der Waals surface area contributed by atoms with Crippen molar-refractivity contribution in [3.05, 3.63) is 65.2 Å². The van der Waals surface area contributed by atoms with Gasteiger partial charge in [0.1, 0.15) is 0 Å². The molecule has 3 atom stereocenters. The molecule has 28 heavy (non-hydrogen) atoms. The van der Waals surface area contributed by atoms with Gasteiger partial charge < -0.3 is 10.2 Å². The predicted molar refractivity (Wildman–Crippen MR) is 113 cm³/mol. The molecule has 2 saturated heterocycles. The Kier molecular flexibility index (Phi) is 5.93. The van der Waals surface area contributed by atoms with Crippen LogP contribution in [0.3, 0.4) is 0 Å². The molecule has 4 rings (SSSR count). The standard InChI is InChI=1S/C22H24N4O.ClH/c1-15-5-3-4-6-19(15)21-20-14-26(13-17(20)12-25(21)2)22(27)24-18-9-7-16(11-23)8-10-18;/h3-10,17,20-21H,12-14H2,1-2H3,(H,24,27);1H/t17-,20+,21-;/m0./s1. The number of rotatable bonds is 2. The second-order valence-corrected chi connectivity index (χ2v) is 7.69. The van der Waals surface area contributed by atoms with Crippen molar-refractivity contribution in [1.82, 2.24) is 9.80 Å². The van der Waals surface area contributed by atoms with E-state index in [1.807, 2.05) is 4.90 Å². The molecule has 146 valence electrons. The van der Waals surface area contributed by atoms with Crippen LogP contribution in [0.4, 0.5) is 10.5 Å². The average Bonchev–Trinajstić information content (AvgIpc) is 3.20. The Morgan fingerprint density at radius 3 is 2.50 bits per heavy atom. The Morgan fingerprint density at radius 2 is 1.82 bits per heavy atom. The lowest BCUT2D eigenvalue weighted by Crippen LogP contribution is -2.36. The lowest BCUT2D eigenvalue weighted by Gasteiger charge is -2.28. The minimum Gasteiger partial charge on any atom is -0.324 e. The van der Waals surface area contributed by atoms with E-state index >= 15 is 0 Å². The average molecular weight is 397 g/mol. The lowest BCUT2D eigenvalue weighted by molar-refractivity contribution is 0.205. The van der Waals surface area contributed by atoms with E-state index in [1.165, 1.54) is 11.1 Å². The Hall–Kier alpha value is -2.55. The number of hydrogen-bond acceptors (Lipinski definition) is 3. The Labute approximate surface area is 172 Å². The zero-order valence-electron chi connectivity index (χ0n) is 16.1. The number of hydrogen-bond donors (Lipinski definition) is 1. The third-order valence-corrected chi connectivity index (χ3v) is 5.95. The van der Waals surface area contributed by atoms with Crippen LogP contribution >= 0.6 is 12.4 Å². The highest BCUT2D eigenvalue weighted by molar-refractivity contribution is 5.89. The van der Waals surface area contributed by atoms with Gasteiger partial charge in [-0.1, -0.05) is 24.3 Å². The van der Waals surface area contributed by atoms with E-state index in [2.05, 4.69) is 54.5 Å². The molecule has 2 aromatic rings. The van der Waals surface area contributed by atoms with Gasteiger partial charge in [-0.15, -0.1) is 12.4 Å². The van der Waals surface area contributed by atoms with Crippen LogP contribution in [0.1, 0.15) is 22.7 Å². The molecular weight excluding hydrogens is 372 g/mol. The van der Waals surface area contributed by atoms with Gasteiger partial charge in [-0.3, -0.25) is 4.90 Å². The lowest BCUT2D eigenvalue weighted by atomic mass is 9.88. The van der Waals surface area contributed by atoms with Crippen molar-refractivity contribution in [2.45, 2.75) is 13.0 Å². The number of urea groups is 1. The Bertz CT molecular complexity index is 892. The fourth-order valence-electron chi connectivity index (χ4n) is 4.64. The van der Waals surface area contributed by atoms with Crippen LogP contribution in [0.5, 0.6) is 0 Å². The number of amides is 2. The van der Waals surface area contributed by atoms with Crippen LogP contribution in [0.25, 0.3) is 0 Å². The number of carbonyl (C=O) groups is 1. The van der Waals surface area contributed by atoms with Crippen LogP contribution in [0.15, 0.2) is 48.5 Å². The molecule has 2 fully saturated rings. The molecule has 2 aliphatic rings. The molecule has 2 aromatic carbocycles. The van der Waals surface area contributed by atoms with Crippen molar-refractivity contribution in [3.63, 3.8) is 0 Å². The van der Waals surface area contributed by atoms with Gasteiger partial charge in [0, 0.05) is 37.3 Å². The fraction of sp³-hybridized carbons (Fsp3) is 0.364. The highest BCUT2D eigenvalue weighted by Gasteiger charge is 2.47. The second-order valence-electron chi connectivity index (χ2n) is 7.69. The molecular formula is C22H25ClN4O. The molecule has 0 unspecified atom stereocenters. The van der Waals surface area contributed by atoms with E-state index in [0.717, 1.165) is 25.3 Å². The second kappa shape index (κ2) is 8.22. The maximum Gasteiger partial charge on any atom is 0.321 e. The Balaban J connectivity index is 0.00000225. The first-order valence-electron chi connectivity index (χ1n) is 9.38. The zero-order valence-corrected chi connectivity index (χ0v) is 16.9. The third-order valence-electron chi connectivity index (χ3n) is 5.95. The van der Waals surface area contributed by atoms with Gasteiger partial charge in [0.15, 0.2) is 0 Å². The van der Waals surface area contributed by atoms with Gasteiger partial charge in [-0.25, -0.2) is 4.79 Å². The summed E-state index contributed by atoms with van der Waals surface area (Å²) >= 11 is 0. The monoisotopic (exact) mass is 396 g/mol. The number of anilines is 1. The molecule has 0 aromatic heterocycles. The van der Waals surface area contributed by atoms with Gasteiger partial charge >= 0.3 is 6.03 Å². The van der Waals surface area contributed by atoms with Crippen LogP contribution in [0.2, 0.25) is 0 Å². The number of benzene rings is 2. The van der Waals surface area contributed by atoms with Crippen LogP contribution in [0, 0.1) is 30.1 Å². The predicted octanol–water partition coefficient (Wildman–Crippen LogP) is 4.06. The summed E-state index contributed by atoms with van der Waals surface area (Å²) in [5.41, 5.74) is 4.01. The number of carbonyl (C=O) groups excluding carboxylic acids is 1. The number of nitrogens with zero attached hydrogens (tertiary/aromatic N) is 3. The summed E-state index contributed by atoms with van der Waals surface area (Å²) in [5.74, 6) is 0.967. The molecule has 2 aliphatic heterocycles. The van der Waals surface area contributed by atoms with Crippen molar-refractivity contribution < 1.29 is 4.79 Å². The maximum absolute atomic E-state index is 12.7. The quantitative estimate of drug-likeness (QED) is 0.832. The molecule has 0 aliphatic carbocycles. The Morgan fingerprint density at radius 1 is 1.11 bits per heavy atom. The summed E-state index contributed by atoms with van der Waals surface area (Å²) in [7, 11) is 2.19. The number of aryl methyl sites for hydroxylation is 1. The number of likely N-dealkylation sites (tertiary alicyclic amines) is 2. The topological polar surface area (TPSA) is 59.4 Å². The smallest absolute Gasteiger partial charge is 0.321 e. The van der Waals surface area contributed by atoms with E-state index in [9.17, 15) is 4.79 Å². The molecule has 0 bridgehead atoms. The normalized spacial score (nSPS) is 23.6. The first-order chi connectivity index (χ1) is 13.1. The first kappa shape index (κ1) is 20.2. The fourth-order valence-corrected chi connectivity index (χ4v) is 4.64. The van der Waals surface area contributed by atoms with Gasteiger partial charge in [-0.05, 0) is 55.3 Å². The van der Waals surface area contributed by atoms with Gasteiger partial charge in [-0.2, -0.15) is 5.26 Å². The summed E-state index contributed by atoms with van der Waals surface area (Å²) in [6.45, 7) is 4.75. The van der Waals surface area contributed by atoms with Gasteiger partial charge in [0.05, 0.1) is 11.6 Å². The minimum atomic E-state index is -0.0553. The number of nitriles is 1. The third kappa shape index (κ3) is 3.71. The van der Waals surface area contributed by atoms with E-state index in [1.54, 1.807) is 24.3 Å². The van der Waals surface area contributed by atoms with Crippen LogP contribution in [-0.2, 0) is 0 Å². The molecule has 0 spiro atoms. The van der Waals surface area contributed by atoms with Crippen molar-refractivity contribution in [3.8, 4) is 6.07 Å². The van der Waals surface area contributed by atoms with Crippen molar-refractivity contribution in [1.29, 1.82) is 5.26 Å².